The highest BCUT2D eigenvalue weighted by molar-refractivity contribution is 7.13. The third-order valence-corrected chi connectivity index (χ3v) is 4.17. The molecule has 0 saturated carbocycles. The molecule has 1 atom stereocenters. The van der Waals surface area contributed by atoms with Gasteiger partial charge in [-0.3, -0.25) is 4.90 Å². The van der Waals surface area contributed by atoms with Crippen LogP contribution in [0.3, 0.4) is 0 Å². The number of benzene rings is 1. The molecule has 0 fully saturated rings. The highest BCUT2D eigenvalue weighted by atomic mass is 32.1. The Labute approximate surface area is 151 Å². The molecule has 1 aromatic heterocycles. The van der Waals surface area contributed by atoms with Gasteiger partial charge in [0.05, 0.1) is 7.11 Å². The van der Waals surface area contributed by atoms with Gasteiger partial charge in [-0.05, 0) is 52.0 Å². The molecule has 0 radical (unpaired) electrons. The van der Waals surface area contributed by atoms with E-state index in [1.54, 1.807) is 46.0 Å². The minimum atomic E-state index is -0.814. The number of anilines is 1. The summed E-state index contributed by atoms with van der Waals surface area (Å²) in [6, 6.07) is 6.43. The zero-order chi connectivity index (χ0) is 18.6. The first-order valence-corrected chi connectivity index (χ1v) is 8.71. The lowest BCUT2D eigenvalue weighted by molar-refractivity contribution is -0.141. The Hall–Kier alpha value is -2.41. The Morgan fingerprint density at radius 1 is 1.20 bits per heavy atom. The van der Waals surface area contributed by atoms with E-state index in [9.17, 15) is 9.59 Å². The van der Waals surface area contributed by atoms with Gasteiger partial charge in [-0.25, -0.2) is 14.6 Å². The van der Waals surface area contributed by atoms with Crippen molar-refractivity contribution < 1.29 is 19.1 Å². The number of carbonyl (C=O) groups is 2. The summed E-state index contributed by atoms with van der Waals surface area (Å²) >= 11 is 1.53. The van der Waals surface area contributed by atoms with Crippen LogP contribution in [-0.2, 0) is 14.3 Å². The van der Waals surface area contributed by atoms with Crippen molar-refractivity contribution >= 4 is 29.1 Å². The summed E-state index contributed by atoms with van der Waals surface area (Å²) in [6.07, 6.45) is 1.13. The number of nitrogens with zero attached hydrogens (tertiary/aromatic N) is 2. The van der Waals surface area contributed by atoms with Gasteiger partial charge in [0.25, 0.3) is 0 Å². The molecule has 1 amide bonds. The third-order valence-electron chi connectivity index (χ3n) is 3.34. The number of esters is 1. The van der Waals surface area contributed by atoms with E-state index in [1.165, 1.54) is 23.3 Å². The molecule has 2 rings (SSSR count). The molecule has 0 aliphatic heterocycles. The van der Waals surface area contributed by atoms with Crippen molar-refractivity contribution in [2.45, 2.75) is 39.3 Å². The molecule has 0 aliphatic carbocycles. The molecular weight excluding hydrogens is 340 g/mol. The SMILES string of the molecule is COC(=O)[C@H](C)N(C(=O)OC(C)(C)C)c1ccc(-c2nccs2)cc1. The number of hydrogen-bond donors (Lipinski definition) is 0. The first kappa shape index (κ1) is 18.9. The summed E-state index contributed by atoms with van der Waals surface area (Å²) in [7, 11) is 1.29. The lowest BCUT2D eigenvalue weighted by Gasteiger charge is -2.30. The second-order valence-corrected chi connectivity index (χ2v) is 7.33. The monoisotopic (exact) mass is 362 g/mol. The molecule has 134 valence electrons. The average Bonchev–Trinajstić information content (AvgIpc) is 3.07. The number of thiazole rings is 1. The van der Waals surface area contributed by atoms with E-state index >= 15 is 0 Å². The number of hydrogen-bond acceptors (Lipinski definition) is 6. The molecule has 0 bridgehead atoms. The summed E-state index contributed by atoms with van der Waals surface area (Å²) in [5.74, 6) is -0.519. The van der Waals surface area contributed by atoms with Gasteiger partial charge in [-0.1, -0.05) is 0 Å². The number of aromatic nitrogens is 1. The van der Waals surface area contributed by atoms with Gasteiger partial charge in [0.15, 0.2) is 0 Å². The topological polar surface area (TPSA) is 68.7 Å². The summed E-state index contributed by atoms with van der Waals surface area (Å²) < 4.78 is 10.2. The van der Waals surface area contributed by atoms with E-state index in [0.29, 0.717) is 5.69 Å². The molecule has 0 spiro atoms. The number of rotatable bonds is 4. The molecule has 6 nitrogen and oxygen atoms in total. The maximum Gasteiger partial charge on any atom is 0.415 e. The highest BCUT2D eigenvalue weighted by Gasteiger charge is 2.31. The molecule has 1 aromatic carbocycles. The predicted molar refractivity (Wildman–Crippen MR) is 97.7 cm³/mol. The quantitative estimate of drug-likeness (QED) is 0.766. The molecule has 0 aliphatic rings. The first-order chi connectivity index (χ1) is 11.7. The van der Waals surface area contributed by atoms with Gasteiger partial charge in [0, 0.05) is 22.8 Å². The third kappa shape index (κ3) is 4.79. The normalized spacial score (nSPS) is 12.4. The summed E-state index contributed by atoms with van der Waals surface area (Å²) in [4.78, 5) is 30.1. The van der Waals surface area contributed by atoms with Crippen LogP contribution in [0.5, 0.6) is 0 Å². The maximum atomic E-state index is 12.6. The van der Waals surface area contributed by atoms with Crippen molar-refractivity contribution in [2.75, 3.05) is 12.0 Å². The van der Waals surface area contributed by atoms with Crippen LogP contribution in [0.25, 0.3) is 10.6 Å². The predicted octanol–water partition coefficient (Wildman–Crippen LogP) is 4.11. The van der Waals surface area contributed by atoms with Crippen LogP contribution in [0.4, 0.5) is 10.5 Å². The van der Waals surface area contributed by atoms with Crippen molar-refractivity contribution in [1.82, 2.24) is 4.98 Å². The Kier molecular flexibility index (Phi) is 5.79. The fourth-order valence-corrected chi connectivity index (χ4v) is 2.85. The van der Waals surface area contributed by atoms with Crippen molar-refractivity contribution in [1.29, 1.82) is 0 Å². The molecule has 0 unspecified atom stereocenters. The lowest BCUT2D eigenvalue weighted by atomic mass is 10.1. The number of carbonyl (C=O) groups excluding carboxylic acids is 2. The maximum absolute atomic E-state index is 12.6. The van der Waals surface area contributed by atoms with Gasteiger partial charge < -0.3 is 9.47 Å². The lowest BCUT2D eigenvalue weighted by Crippen LogP contribution is -2.46. The Balaban J connectivity index is 2.34. The second-order valence-electron chi connectivity index (χ2n) is 6.43. The number of methoxy groups -OCH3 is 1. The smallest absolute Gasteiger partial charge is 0.415 e. The molecule has 25 heavy (non-hydrogen) atoms. The van der Waals surface area contributed by atoms with Crippen LogP contribution < -0.4 is 4.90 Å². The highest BCUT2D eigenvalue weighted by Crippen LogP contribution is 2.27. The van der Waals surface area contributed by atoms with E-state index in [4.69, 9.17) is 9.47 Å². The van der Waals surface area contributed by atoms with Crippen LogP contribution in [0.1, 0.15) is 27.7 Å². The Morgan fingerprint density at radius 2 is 1.84 bits per heavy atom. The number of amides is 1. The van der Waals surface area contributed by atoms with E-state index in [2.05, 4.69) is 4.98 Å². The average molecular weight is 362 g/mol. The van der Waals surface area contributed by atoms with Gasteiger partial charge in [-0.15, -0.1) is 11.3 Å². The molecule has 0 saturated heterocycles. The van der Waals surface area contributed by atoms with Crippen molar-refractivity contribution in [2.24, 2.45) is 0 Å². The largest absolute Gasteiger partial charge is 0.467 e. The van der Waals surface area contributed by atoms with Crippen LogP contribution in [0.2, 0.25) is 0 Å². The molecular formula is C18H22N2O4S. The standard InChI is InChI=1S/C18H22N2O4S/c1-12(16(21)23-5)20(17(22)24-18(2,3)4)14-8-6-13(7-9-14)15-19-10-11-25-15/h6-12H,1-5H3/t12-/m0/s1. The van der Waals surface area contributed by atoms with Gasteiger partial charge in [0.2, 0.25) is 0 Å². The van der Waals surface area contributed by atoms with Crippen molar-refractivity contribution in [3.8, 4) is 10.6 Å². The second kappa shape index (κ2) is 7.65. The molecule has 7 heteroatoms. The zero-order valence-electron chi connectivity index (χ0n) is 15.0. The first-order valence-electron chi connectivity index (χ1n) is 7.83. The fraction of sp³-hybridized carbons (Fsp3) is 0.389. The summed E-state index contributed by atoms with van der Waals surface area (Å²) in [6.45, 7) is 6.93. The molecule has 1 heterocycles. The minimum Gasteiger partial charge on any atom is -0.467 e. The molecule has 0 N–H and O–H groups in total. The van der Waals surface area contributed by atoms with Crippen LogP contribution in [-0.4, -0.2) is 35.8 Å². The molecule has 2 aromatic rings. The number of ether oxygens (including phenoxy) is 2. The summed E-state index contributed by atoms with van der Waals surface area (Å²) in [5, 5.41) is 2.78. The Bertz CT molecular complexity index is 721. The van der Waals surface area contributed by atoms with Crippen LogP contribution in [0.15, 0.2) is 35.8 Å². The van der Waals surface area contributed by atoms with Crippen molar-refractivity contribution in [3.63, 3.8) is 0 Å². The zero-order valence-corrected chi connectivity index (χ0v) is 15.8. The van der Waals surface area contributed by atoms with Gasteiger partial charge >= 0.3 is 12.1 Å². The Morgan fingerprint density at radius 3 is 2.32 bits per heavy atom. The van der Waals surface area contributed by atoms with Crippen LogP contribution in [0, 0.1) is 0 Å². The van der Waals surface area contributed by atoms with Gasteiger partial charge in [-0.2, -0.15) is 0 Å². The van der Waals surface area contributed by atoms with E-state index in [1.807, 2.05) is 17.5 Å². The van der Waals surface area contributed by atoms with Crippen molar-refractivity contribution in [3.05, 3.63) is 35.8 Å². The van der Waals surface area contributed by atoms with Gasteiger partial charge in [0.1, 0.15) is 16.7 Å². The fourth-order valence-electron chi connectivity index (χ4n) is 2.20. The van der Waals surface area contributed by atoms with E-state index in [0.717, 1.165) is 10.6 Å². The minimum absolute atomic E-state index is 0.519. The van der Waals surface area contributed by atoms with E-state index in [-0.39, 0.29) is 0 Å². The van der Waals surface area contributed by atoms with Crippen LogP contribution >= 0.6 is 11.3 Å². The summed E-state index contributed by atoms with van der Waals surface area (Å²) in [5.41, 5.74) is 0.812. The van der Waals surface area contributed by atoms with E-state index < -0.39 is 23.7 Å².